The minimum absolute atomic E-state index is 0.0591. The standard InChI is InChI=1S/C21H25N3O4S/c1-17(25)23-12-14-24(15-13-23)29(27,28)20-9-5-8-19(16-20)21(26)22-11-10-18-6-3-2-4-7-18/h2-9,16H,10-15H2,1H3,(H,22,26). The minimum atomic E-state index is -3.72. The molecule has 0 aliphatic carbocycles. The van der Waals surface area contributed by atoms with Crippen LogP contribution in [0, 0.1) is 0 Å². The van der Waals surface area contributed by atoms with E-state index >= 15 is 0 Å². The van der Waals surface area contributed by atoms with E-state index in [2.05, 4.69) is 5.32 Å². The predicted molar refractivity (Wildman–Crippen MR) is 110 cm³/mol. The number of rotatable bonds is 6. The Morgan fingerprint density at radius 1 is 0.966 bits per heavy atom. The van der Waals surface area contributed by atoms with Gasteiger partial charge in [0.15, 0.2) is 0 Å². The lowest BCUT2D eigenvalue weighted by Gasteiger charge is -2.33. The molecule has 154 valence electrons. The van der Waals surface area contributed by atoms with E-state index in [1.807, 2.05) is 30.3 Å². The van der Waals surface area contributed by atoms with Crippen LogP contribution in [0.4, 0.5) is 0 Å². The smallest absolute Gasteiger partial charge is 0.251 e. The fourth-order valence-corrected chi connectivity index (χ4v) is 4.73. The number of benzene rings is 2. The number of amides is 2. The summed E-state index contributed by atoms with van der Waals surface area (Å²) in [5.74, 6) is -0.365. The minimum Gasteiger partial charge on any atom is -0.352 e. The monoisotopic (exact) mass is 415 g/mol. The summed E-state index contributed by atoms with van der Waals surface area (Å²) < 4.78 is 27.2. The molecule has 1 aliphatic heterocycles. The molecule has 2 aromatic rings. The third-order valence-corrected chi connectivity index (χ3v) is 6.85. The number of nitrogens with zero attached hydrogens (tertiary/aromatic N) is 2. The van der Waals surface area contributed by atoms with Gasteiger partial charge in [-0.3, -0.25) is 9.59 Å². The zero-order chi connectivity index (χ0) is 20.9. The molecule has 3 rings (SSSR count). The van der Waals surface area contributed by atoms with Gasteiger partial charge in [0.2, 0.25) is 15.9 Å². The van der Waals surface area contributed by atoms with Gasteiger partial charge in [-0.25, -0.2) is 8.42 Å². The highest BCUT2D eigenvalue weighted by Gasteiger charge is 2.29. The first kappa shape index (κ1) is 21.0. The van der Waals surface area contributed by atoms with Gasteiger partial charge < -0.3 is 10.2 Å². The molecule has 0 radical (unpaired) electrons. The molecule has 0 saturated carbocycles. The number of sulfonamides is 1. The molecule has 1 N–H and O–H groups in total. The topological polar surface area (TPSA) is 86.8 Å². The van der Waals surface area contributed by atoms with Crippen LogP contribution in [0.3, 0.4) is 0 Å². The summed E-state index contributed by atoms with van der Waals surface area (Å²) in [6.45, 7) is 3.17. The van der Waals surface area contributed by atoms with Gasteiger partial charge in [0.05, 0.1) is 4.90 Å². The van der Waals surface area contributed by atoms with Gasteiger partial charge >= 0.3 is 0 Å². The van der Waals surface area contributed by atoms with Crippen molar-refractivity contribution in [3.63, 3.8) is 0 Å². The third kappa shape index (κ3) is 5.21. The van der Waals surface area contributed by atoms with Crippen molar-refractivity contribution in [1.29, 1.82) is 0 Å². The molecule has 0 unspecified atom stereocenters. The van der Waals surface area contributed by atoms with Gasteiger partial charge in [0.25, 0.3) is 5.91 Å². The van der Waals surface area contributed by atoms with E-state index in [9.17, 15) is 18.0 Å². The van der Waals surface area contributed by atoms with Crippen LogP contribution in [0.5, 0.6) is 0 Å². The number of hydrogen-bond acceptors (Lipinski definition) is 4. The highest BCUT2D eigenvalue weighted by atomic mass is 32.2. The van der Waals surface area contributed by atoms with Gasteiger partial charge in [-0.15, -0.1) is 0 Å². The van der Waals surface area contributed by atoms with E-state index in [0.29, 0.717) is 31.6 Å². The summed E-state index contributed by atoms with van der Waals surface area (Å²) >= 11 is 0. The zero-order valence-electron chi connectivity index (χ0n) is 16.4. The second kappa shape index (κ2) is 9.19. The molecule has 1 aliphatic rings. The lowest BCUT2D eigenvalue weighted by molar-refractivity contribution is -0.129. The van der Waals surface area contributed by atoms with Gasteiger partial charge in [-0.1, -0.05) is 36.4 Å². The number of hydrogen-bond donors (Lipinski definition) is 1. The summed E-state index contributed by atoms with van der Waals surface area (Å²) in [5.41, 5.74) is 1.43. The zero-order valence-corrected chi connectivity index (χ0v) is 17.2. The lowest BCUT2D eigenvalue weighted by Crippen LogP contribution is -2.49. The fourth-order valence-electron chi connectivity index (χ4n) is 3.26. The van der Waals surface area contributed by atoms with Crippen LogP contribution in [-0.4, -0.2) is 62.2 Å². The molecule has 0 atom stereocenters. The number of nitrogens with one attached hydrogen (secondary N) is 1. The Morgan fingerprint density at radius 2 is 1.66 bits per heavy atom. The molecule has 7 nitrogen and oxygen atoms in total. The predicted octanol–water partition coefficient (Wildman–Crippen LogP) is 1.51. The Balaban J connectivity index is 1.63. The Morgan fingerprint density at radius 3 is 2.31 bits per heavy atom. The first-order chi connectivity index (χ1) is 13.9. The van der Waals surface area contributed by atoms with Crippen LogP contribution < -0.4 is 5.32 Å². The van der Waals surface area contributed by atoms with Crippen molar-refractivity contribution < 1.29 is 18.0 Å². The molecule has 1 saturated heterocycles. The van der Waals surface area contributed by atoms with Gasteiger partial charge in [-0.05, 0) is 30.2 Å². The second-order valence-corrected chi connectivity index (χ2v) is 8.87. The van der Waals surface area contributed by atoms with E-state index in [4.69, 9.17) is 0 Å². The number of piperazine rings is 1. The Labute approximate surface area is 171 Å². The van der Waals surface area contributed by atoms with Crippen molar-refractivity contribution in [2.75, 3.05) is 32.7 Å². The Hall–Kier alpha value is -2.71. The van der Waals surface area contributed by atoms with Gasteiger partial charge in [0.1, 0.15) is 0 Å². The van der Waals surface area contributed by atoms with E-state index in [0.717, 1.165) is 5.56 Å². The van der Waals surface area contributed by atoms with Crippen LogP contribution in [0.25, 0.3) is 0 Å². The molecule has 8 heteroatoms. The van der Waals surface area contributed by atoms with Crippen molar-refractivity contribution in [2.24, 2.45) is 0 Å². The maximum atomic E-state index is 12.9. The number of carbonyl (C=O) groups excluding carboxylic acids is 2. The second-order valence-electron chi connectivity index (χ2n) is 6.93. The van der Waals surface area contributed by atoms with Crippen molar-refractivity contribution in [3.8, 4) is 0 Å². The number of carbonyl (C=O) groups is 2. The molecule has 0 spiro atoms. The van der Waals surface area contributed by atoms with Crippen molar-refractivity contribution in [3.05, 3.63) is 65.7 Å². The molecule has 1 fully saturated rings. The molecule has 2 aromatic carbocycles. The van der Waals surface area contributed by atoms with Crippen LogP contribution in [0.2, 0.25) is 0 Å². The average molecular weight is 416 g/mol. The third-order valence-electron chi connectivity index (χ3n) is 4.96. The highest BCUT2D eigenvalue weighted by Crippen LogP contribution is 2.19. The first-order valence-electron chi connectivity index (χ1n) is 9.56. The molecule has 2 amide bonds. The lowest BCUT2D eigenvalue weighted by atomic mass is 10.1. The fraction of sp³-hybridized carbons (Fsp3) is 0.333. The van der Waals surface area contributed by atoms with Gasteiger partial charge in [0, 0.05) is 45.2 Å². The molecular weight excluding hydrogens is 390 g/mol. The molecule has 1 heterocycles. The van der Waals surface area contributed by atoms with Gasteiger partial charge in [-0.2, -0.15) is 4.31 Å². The summed E-state index contributed by atoms with van der Waals surface area (Å²) in [6, 6.07) is 15.9. The van der Waals surface area contributed by atoms with E-state index in [1.54, 1.807) is 17.0 Å². The quantitative estimate of drug-likeness (QED) is 0.775. The van der Waals surface area contributed by atoms with Crippen LogP contribution in [0.15, 0.2) is 59.5 Å². The highest BCUT2D eigenvalue weighted by molar-refractivity contribution is 7.89. The summed E-state index contributed by atoms with van der Waals surface area (Å²) in [6.07, 6.45) is 0.699. The normalized spacial score (nSPS) is 15.1. The van der Waals surface area contributed by atoms with E-state index < -0.39 is 10.0 Å². The Bertz CT molecular complexity index is 968. The molecule has 29 heavy (non-hydrogen) atoms. The van der Waals surface area contributed by atoms with Crippen molar-refractivity contribution >= 4 is 21.8 Å². The molecular formula is C21H25N3O4S. The Kier molecular flexibility index (Phi) is 6.66. The SMILES string of the molecule is CC(=O)N1CCN(S(=O)(=O)c2cccc(C(=O)NCCc3ccccc3)c2)CC1. The summed E-state index contributed by atoms with van der Waals surface area (Å²) in [4.78, 5) is 25.6. The van der Waals surface area contributed by atoms with Crippen molar-refractivity contribution in [1.82, 2.24) is 14.5 Å². The maximum Gasteiger partial charge on any atom is 0.251 e. The van der Waals surface area contributed by atoms with E-state index in [1.165, 1.54) is 23.4 Å². The van der Waals surface area contributed by atoms with E-state index in [-0.39, 0.29) is 29.8 Å². The van der Waals surface area contributed by atoms with Crippen LogP contribution in [-0.2, 0) is 21.2 Å². The van der Waals surface area contributed by atoms with Crippen LogP contribution >= 0.6 is 0 Å². The summed E-state index contributed by atoms with van der Waals surface area (Å²) in [7, 11) is -3.72. The average Bonchev–Trinajstić information content (AvgIpc) is 2.74. The summed E-state index contributed by atoms with van der Waals surface area (Å²) in [5, 5.41) is 2.83. The first-order valence-corrected chi connectivity index (χ1v) is 11.0. The van der Waals surface area contributed by atoms with Crippen molar-refractivity contribution in [2.45, 2.75) is 18.2 Å². The largest absolute Gasteiger partial charge is 0.352 e. The molecule has 0 bridgehead atoms. The van der Waals surface area contributed by atoms with Crippen LogP contribution in [0.1, 0.15) is 22.8 Å². The maximum absolute atomic E-state index is 12.9. The molecule has 0 aromatic heterocycles.